The van der Waals surface area contributed by atoms with Crippen LogP contribution < -0.4 is 4.90 Å². The van der Waals surface area contributed by atoms with Crippen LogP contribution in [0.1, 0.15) is 56.8 Å². The zero-order valence-corrected chi connectivity index (χ0v) is 15.5. The monoisotopic (exact) mass is 355 g/mol. The molecule has 0 spiro atoms. The van der Waals surface area contributed by atoms with Gasteiger partial charge >= 0.3 is 5.97 Å². The smallest absolute Gasteiger partial charge is 0.338 e. The molecular formula is C21H25NO4. The molecule has 3 saturated carbocycles. The molecule has 0 N–H and O–H groups in total. The van der Waals surface area contributed by atoms with E-state index in [9.17, 15) is 14.4 Å². The van der Waals surface area contributed by atoms with Crippen molar-refractivity contribution in [1.29, 1.82) is 0 Å². The van der Waals surface area contributed by atoms with Crippen molar-refractivity contribution < 1.29 is 19.1 Å². The number of carbonyl (C=O) groups excluding carboxylic acids is 3. The molecular weight excluding hydrogens is 330 g/mol. The zero-order valence-electron chi connectivity index (χ0n) is 15.5. The molecule has 4 aliphatic rings. The number of rotatable bonds is 3. The third kappa shape index (κ3) is 2.56. The number of nitrogens with zero attached hydrogens (tertiary/aromatic N) is 1. The lowest BCUT2D eigenvalue weighted by atomic mass is 9.45. The lowest BCUT2D eigenvalue weighted by Gasteiger charge is -2.61. The molecule has 1 aromatic rings. The highest BCUT2D eigenvalue weighted by Gasteiger charge is 2.57. The molecule has 138 valence electrons. The lowest BCUT2D eigenvalue weighted by Crippen LogP contribution is -2.57. The predicted molar refractivity (Wildman–Crippen MR) is 96.5 cm³/mol. The molecule has 1 saturated heterocycles. The minimum absolute atomic E-state index is 0.0271. The molecule has 2 bridgehead atoms. The number of hydrogen-bond donors (Lipinski definition) is 0. The summed E-state index contributed by atoms with van der Waals surface area (Å²) in [5, 5.41) is 0. The Labute approximate surface area is 153 Å². The van der Waals surface area contributed by atoms with Gasteiger partial charge < -0.3 is 4.74 Å². The van der Waals surface area contributed by atoms with Gasteiger partial charge in [-0.2, -0.15) is 0 Å². The number of amides is 2. The Kier molecular flexibility index (Phi) is 3.94. The van der Waals surface area contributed by atoms with E-state index in [4.69, 9.17) is 4.74 Å². The molecule has 4 fully saturated rings. The summed E-state index contributed by atoms with van der Waals surface area (Å²) in [6.45, 7) is 6.83. The number of anilines is 1. The van der Waals surface area contributed by atoms with Gasteiger partial charge in [-0.15, -0.1) is 0 Å². The maximum Gasteiger partial charge on any atom is 0.338 e. The van der Waals surface area contributed by atoms with Crippen molar-refractivity contribution in [3.63, 3.8) is 0 Å². The van der Waals surface area contributed by atoms with Gasteiger partial charge in [0.15, 0.2) is 0 Å². The van der Waals surface area contributed by atoms with Crippen LogP contribution in [0.25, 0.3) is 0 Å². The summed E-state index contributed by atoms with van der Waals surface area (Å²) < 4.78 is 5.80. The van der Waals surface area contributed by atoms with E-state index in [1.807, 2.05) is 0 Å². The summed E-state index contributed by atoms with van der Waals surface area (Å²) in [7, 11) is 0. The van der Waals surface area contributed by atoms with Crippen molar-refractivity contribution in [2.75, 3.05) is 4.90 Å². The first-order chi connectivity index (χ1) is 12.3. The molecule has 4 atom stereocenters. The second kappa shape index (κ2) is 5.93. The van der Waals surface area contributed by atoms with Crippen LogP contribution >= 0.6 is 0 Å². The number of benzene rings is 1. The van der Waals surface area contributed by atoms with Crippen molar-refractivity contribution in [2.45, 2.75) is 52.6 Å². The first-order valence-electron chi connectivity index (χ1n) is 9.46. The van der Waals surface area contributed by atoms with E-state index >= 15 is 0 Å². The Morgan fingerprint density at radius 2 is 1.69 bits per heavy atom. The van der Waals surface area contributed by atoms with Crippen LogP contribution in [0.15, 0.2) is 24.3 Å². The number of imide groups is 1. The highest BCUT2D eigenvalue weighted by atomic mass is 16.5. The Morgan fingerprint density at radius 3 is 2.23 bits per heavy atom. The first kappa shape index (κ1) is 17.3. The number of ether oxygens (including phenoxy) is 1. The summed E-state index contributed by atoms with van der Waals surface area (Å²) in [6, 6.07) is 6.55. The fourth-order valence-electron chi connectivity index (χ4n) is 5.07. The molecule has 26 heavy (non-hydrogen) atoms. The molecule has 5 heteroatoms. The van der Waals surface area contributed by atoms with Crippen LogP contribution in [-0.4, -0.2) is 23.9 Å². The van der Waals surface area contributed by atoms with E-state index in [-0.39, 0.29) is 36.7 Å². The van der Waals surface area contributed by atoms with Crippen molar-refractivity contribution in [1.82, 2.24) is 0 Å². The predicted octanol–water partition coefficient (Wildman–Crippen LogP) is 3.57. The van der Waals surface area contributed by atoms with Gasteiger partial charge in [0, 0.05) is 12.8 Å². The number of hydrogen-bond acceptors (Lipinski definition) is 4. The number of carbonyl (C=O) groups is 3. The summed E-state index contributed by atoms with van der Waals surface area (Å²) in [6.07, 6.45) is 2.66. The van der Waals surface area contributed by atoms with E-state index in [0.29, 0.717) is 34.4 Å². The Bertz CT molecular complexity index is 751. The Morgan fingerprint density at radius 1 is 1.08 bits per heavy atom. The third-order valence-electron chi connectivity index (χ3n) is 6.96. The zero-order chi connectivity index (χ0) is 18.6. The van der Waals surface area contributed by atoms with E-state index in [1.54, 1.807) is 24.3 Å². The minimum atomic E-state index is -0.327. The highest BCUT2D eigenvalue weighted by Crippen LogP contribution is 2.61. The summed E-state index contributed by atoms with van der Waals surface area (Å²) in [4.78, 5) is 37.3. The molecule has 5 nitrogen and oxygen atoms in total. The van der Waals surface area contributed by atoms with Crippen LogP contribution in [-0.2, 0) is 14.3 Å². The van der Waals surface area contributed by atoms with Gasteiger partial charge in [-0.1, -0.05) is 20.8 Å². The molecule has 0 radical (unpaired) electrons. The SMILES string of the molecule is CC1C(OC(=O)c2ccc(N3C(=O)CCC3=O)cc2)CC2CC1C2(C)C. The van der Waals surface area contributed by atoms with Gasteiger partial charge in [0.1, 0.15) is 6.10 Å². The molecule has 1 aromatic carbocycles. The van der Waals surface area contributed by atoms with E-state index in [1.165, 1.54) is 11.3 Å². The van der Waals surface area contributed by atoms with Gasteiger partial charge in [-0.25, -0.2) is 4.79 Å². The summed E-state index contributed by atoms with van der Waals surface area (Å²) >= 11 is 0. The van der Waals surface area contributed by atoms with Crippen LogP contribution in [0, 0.1) is 23.2 Å². The second-order valence-electron chi connectivity index (χ2n) is 8.57. The fraction of sp³-hybridized carbons (Fsp3) is 0.571. The normalized spacial score (nSPS) is 32.3. The molecule has 1 aliphatic heterocycles. The van der Waals surface area contributed by atoms with Gasteiger partial charge in [-0.3, -0.25) is 14.5 Å². The largest absolute Gasteiger partial charge is 0.458 e. The van der Waals surface area contributed by atoms with E-state index < -0.39 is 0 Å². The number of esters is 1. The maximum atomic E-state index is 12.5. The van der Waals surface area contributed by atoms with E-state index in [2.05, 4.69) is 20.8 Å². The summed E-state index contributed by atoms with van der Waals surface area (Å²) in [5.41, 5.74) is 1.33. The van der Waals surface area contributed by atoms with Crippen molar-refractivity contribution in [3.05, 3.63) is 29.8 Å². The summed E-state index contributed by atoms with van der Waals surface area (Å²) in [5.74, 6) is 0.917. The molecule has 5 rings (SSSR count). The van der Waals surface area contributed by atoms with Gasteiger partial charge in [0.2, 0.25) is 11.8 Å². The van der Waals surface area contributed by atoms with Crippen LogP contribution in [0.4, 0.5) is 5.69 Å². The van der Waals surface area contributed by atoms with Gasteiger partial charge in [0.05, 0.1) is 11.3 Å². The maximum absolute atomic E-state index is 12.5. The third-order valence-corrected chi connectivity index (χ3v) is 6.96. The fourth-order valence-corrected chi connectivity index (χ4v) is 5.07. The van der Waals surface area contributed by atoms with Crippen LogP contribution in [0.5, 0.6) is 0 Å². The average Bonchev–Trinajstić information content (AvgIpc) is 2.94. The molecule has 0 aromatic heterocycles. The number of fused-ring (bicyclic) bond motifs is 2. The van der Waals surface area contributed by atoms with Gasteiger partial charge in [-0.05, 0) is 60.3 Å². The first-order valence-corrected chi connectivity index (χ1v) is 9.46. The second-order valence-corrected chi connectivity index (χ2v) is 8.57. The standard InChI is InChI=1S/C21H25NO4/c1-12-16-10-14(21(16,2)3)11-17(12)26-20(25)13-4-6-15(7-5-13)22-18(23)8-9-19(22)24/h4-7,12,14,16-17H,8-11H2,1-3H3. The minimum Gasteiger partial charge on any atom is -0.458 e. The van der Waals surface area contributed by atoms with Crippen molar-refractivity contribution in [2.24, 2.45) is 23.2 Å². The van der Waals surface area contributed by atoms with E-state index in [0.717, 1.165) is 6.42 Å². The quantitative estimate of drug-likeness (QED) is 0.614. The van der Waals surface area contributed by atoms with Crippen LogP contribution in [0.2, 0.25) is 0 Å². The Hall–Kier alpha value is -2.17. The van der Waals surface area contributed by atoms with Gasteiger partial charge in [0.25, 0.3) is 0 Å². The molecule has 3 aliphatic carbocycles. The van der Waals surface area contributed by atoms with Crippen LogP contribution in [0.3, 0.4) is 0 Å². The topological polar surface area (TPSA) is 63.7 Å². The van der Waals surface area contributed by atoms with Crippen molar-refractivity contribution >= 4 is 23.5 Å². The average molecular weight is 355 g/mol. The molecule has 4 unspecified atom stereocenters. The molecule has 1 heterocycles. The molecule has 2 amide bonds. The lowest BCUT2D eigenvalue weighted by molar-refractivity contribution is -0.156. The van der Waals surface area contributed by atoms with Crippen molar-refractivity contribution in [3.8, 4) is 0 Å². The Balaban J connectivity index is 1.43. The highest BCUT2D eigenvalue weighted by molar-refractivity contribution is 6.19.